The van der Waals surface area contributed by atoms with Crippen molar-refractivity contribution in [3.63, 3.8) is 0 Å². The zero-order valence-corrected chi connectivity index (χ0v) is 5.28. The van der Waals surface area contributed by atoms with Gasteiger partial charge in [0.25, 0.3) is 0 Å². The van der Waals surface area contributed by atoms with Crippen LogP contribution in [0.15, 0.2) is 12.3 Å². The molecule has 0 atom stereocenters. The van der Waals surface area contributed by atoms with Crippen LogP contribution in [0.25, 0.3) is 0 Å². The molecule has 1 saturated heterocycles. The summed E-state index contributed by atoms with van der Waals surface area (Å²) in [6.45, 7) is 8.04. The van der Waals surface area contributed by atoms with Crippen LogP contribution in [0.2, 0.25) is 0 Å². The van der Waals surface area contributed by atoms with Crippen molar-refractivity contribution >= 4 is 0 Å². The van der Waals surface area contributed by atoms with Gasteiger partial charge < -0.3 is 5.01 Å². The Bertz CT molecular complexity index is 92.7. The first-order valence-electron chi connectivity index (χ1n) is 2.97. The quantitative estimate of drug-likeness (QED) is 0.538. The Hall–Kier alpha value is -0.500. The number of hydrogen-bond donors (Lipinski definition) is 1. The first-order valence-corrected chi connectivity index (χ1v) is 2.97. The van der Waals surface area contributed by atoms with Crippen LogP contribution in [0.4, 0.5) is 0 Å². The predicted molar refractivity (Wildman–Crippen MR) is 34.1 cm³/mol. The standard InChI is InChI=1S/C6H12N2/c1-6(2)8-5-3-4-7-8/h7H,1,3-5H2,2H3. The Morgan fingerprint density at radius 3 is 2.75 bits per heavy atom. The van der Waals surface area contributed by atoms with Crippen molar-refractivity contribution < 1.29 is 0 Å². The van der Waals surface area contributed by atoms with E-state index in [9.17, 15) is 0 Å². The first-order chi connectivity index (χ1) is 3.80. The van der Waals surface area contributed by atoms with Gasteiger partial charge in [0.2, 0.25) is 0 Å². The summed E-state index contributed by atoms with van der Waals surface area (Å²) in [5, 5.41) is 2.08. The van der Waals surface area contributed by atoms with Crippen LogP contribution >= 0.6 is 0 Å². The minimum atomic E-state index is 1.10. The van der Waals surface area contributed by atoms with Crippen LogP contribution in [0.5, 0.6) is 0 Å². The zero-order valence-electron chi connectivity index (χ0n) is 5.28. The van der Waals surface area contributed by atoms with Crippen molar-refractivity contribution in [1.82, 2.24) is 10.4 Å². The van der Waals surface area contributed by atoms with Crippen LogP contribution < -0.4 is 5.43 Å². The number of hydrazine groups is 1. The van der Waals surface area contributed by atoms with Crippen LogP contribution in [0.1, 0.15) is 13.3 Å². The third kappa shape index (κ3) is 1.01. The molecule has 2 nitrogen and oxygen atoms in total. The second kappa shape index (κ2) is 2.18. The van der Waals surface area contributed by atoms with Crippen LogP contribution in [0.3, 0.4) is 0 Å². The van der Waals surface area contributed by atoms with Crippen molar-refractivity contribution in [3.8, 4) is 0 Å². The molecular formula is C6H12N2. The van der Waals surface area contributed by atoms with E-state index in [1.54, 1.807) is 0 Å². The molecule has 1 heterocycles. The maximum absolute atomic E-state index is 3.80. The Labute approximate surface area is 50.1 Å². The summed E-state index contributed by atoms with van der Waals surface area (Å²) >= 11 is 0. The van der Waals surface area contributed by atoms with E-state index in [2.05, 4.69) is 17.0 Å². The number of hydrogen-bond acceptors (Lipinski definition) is 2. The fourth-order valence-corrected chi connectivity index (χ4v) is 0.856. The third-order valence-corrected chi connectivity index (χ3v) is 1.32. The average Bonchev–Trinajstić information content (AvgIpc) is 2.12. The second-order valence-corrected chi connectivity index (χ2v) is 2.15. The van der Waals surface area contributed by atoms with Gasteiger partial charge in [-0.1, -0.05) is 6.58 Å². The van der Waals surface area contributed by atoms with Gasteiger partial charge in [-0.25, -0.2) is 5.43 Å². The van der Waals surface area contributed by atoms with Gasteiger partial charge >= 0.3 is 0 Å². The largest absolute Gasteiger partial charge is 0.313 e. The first kappa shape index (κ1) is 5.63. The maximum Gasteiger partial charge on any atom is 0.0353 e. The number of nitrogens with zero attached hydrogens (tertiary/aromatic N) is 1. The Morgan fingerprint density at radius 1 is 1.75 bits per heavy atom. The smallest absolute Gasteiger partial charge is 0.0353 e. The summed E-state index contributed by atoms with van der Waals surface area (Å²) in [7, 11) is 0. The minimum absolute atomic E-state index is 1.10. The normalized spacial score (nSPS) is 19.4. The molecule has 0 spiro atoms. The highest BCUT2D eigenvalue weighted by Crippen LogP contribution is 2.01. The molecule has 46 valence electrons. The summed E-state index contributed by atoms with van der Waals surface area (Å²) in [6, 6.07) is 0. The van der Waals surface area contributed by atoms with Crippen molar-refractivity contribution in [1.29, 1.82) is 0 Å². The van der Waals surface area contributed by atoms with E-state index < -0.39 is 0 Å². The highest BCUT2D eigenvalue weighted by Gasteiger charge is 2.07. The van der Waals surface area contributed by atoms with Crippen molar-refractivity contribution in [2.75, 3.05) is 13.1 Å². The summed E-state index contributed by atoms with van der Waals surface area (Å²) in [5.74, 6) is 0. The third-order valence-electron chi connectivity index (χ3n) is 1.32. The van der Waals surface area contributed by atoms with E-state index in [0.29, 0.717) is 0 Å². The number of rotatable bonds is 1. The minimum Gasteiger partial charge on any atom is -0.313 e. The highest BCUT2D eigenvalue weighted by molar-refractivity contribution is 4.88. The van der Waals surface area contributed by atoms with E-state index >= 15 is 0 Å². The molecule has 8 heavy (non-hydrogen) atoms. The molecule has 0 aromatic heterocycles. The molecule has 0 aromatic carbocycles. The number of nitrogens with one attached hydrogen (secondary N) is 1. The Balaban J connectivity index is 2.35. The molecule has 1 aliphatic heterocycles. The average molecular weight is 112 g/mol. The Kier molecular flexibility index (Phi) is 1.53. The fourth-order valence-electron chi connectivity index (χ4n) is 0.856. The molecule has 1 aliphatic rings. The maximum atomic E-state index is 3.80. The molecule has 0 aromatic rings. The van der Waals surface area contributed by atoms with Crippen molar-refractivity contribution in [3.05, 3.63) is 12.3 Å². The van der Waals surface area contributed by atoms with Gasteiger partial charge in [0, 0.05) is 18.8 Å². The molecule has 0 unspecified atom stereocenters. The van der Waals surface area contributed by atoms with Crippen molar-refractivity contribution in [2.24, 2.45) is 0 Å². The molecule has 2 heteroatoms. The fraction of sp³-hybridized carbons (Fsp3) is 0.667. The molecule has 0 amide bonds. The SMILES string of the molecule is C=C(C)N1CCCN1. The van der Waals surface area contributed by atoms with Gasteiger partial charge in [-0.15, -0.1) is 0 Å². The summed E-state index contributed by atoms with van der Waals surface area (Å²) in [5.41, 5.74) is 4.30. The molecule has 1 N–H and O–H groups in total. The zero-order chi connectivity index (χ0) is 5.98. The van der Waals surface area contributed by atoms with E-state index in [1.807, 2.05) is 6.92 Å². The Morgan fingerprint density at radius 2 is 2.50 bits per heavy atom. The van der Waals surface area contributed by atoms with Crippen LogP contribution in [-0.2, 0) is 0 Å². The second-order valence-electron chi connectivity index (χ2n) is 2.15. The molecule has 1 rings (SSSR count). The molecule has 1 fully saturated rings. The van der Waals surface area contributed by atoms with E-state index in [0.717, 1.165) is 18.8 Å². The van der Waals surface area contributed by atoms with Gasteiger partial charge in [-0.05, 0) is 13.3 Å². The summed E-state index contributed by atoms with van der Waals surface area (Å²) < 4.78 is 0. The highest BCUT2D eigenvalue weighted by atomic mass is 15.5. The molecule has 0 radical (unpaired) electrons. The molecule has 0 aliphatic carbocycles. The summed E-state index contributed by atoms with van der Waals surface area (Å²) in [6.07, 6.45) is 1.24. The molecular weight excluding hydrogens is 100 g/mol. The van der Waals surface area contributed by atoms with Gasteiger partial charge in [-0.3, -0.25) is 0 Å². The predicted octanol–water partition coefficient (Wildman–Crippen LogP) is 0.730. The van der Waals surface area contributed by atoms with E-state index in [1.165, 1.54) is 6.42 Å². The number of allylic oxidation sites excluding steroid dienone is 1. The topological polar surface area (TPSA) is 15.3 Å². The van der Waals surface area contributed by atoms with E-state index in [-0.39, 0.29) is 0 Å². The van der Waals surface area contributed by atoms with Gasteiger partial charge in [0.15, 0.2) is 0 Å². The lowest BCUT2D eigenvalue weighted by molar-refractivity contribution is 0.328. The monoisotopic (exact) mass is 112 g/mol. The lowest BCUT2D eigenvalue weighted by Crippen LogP contribution is -2.28. The van der Waals surface area contributed by atoms with Gasteiger partial charge in [-0.2, -0.15) is 0 Å². The van der Waals surface area contributed by atoms with Gasteiger partial charge in [0.05, 0.1) is 0 Å². The van der Waals surface area contributed by atoms with Crippen LogP contribution in [0, 0.1) is 0 Å². The van der Waals surface area contributed by atoms with Crippen molar-refractivity contribution in [2.45, 2.75) is 13.3 Å². The molecule has 0 saturated carbocycles. The lowest BCUT2D eigenvalue weighted by atomic mass is 10.4. The van der Waals surface area contributed by atoms with Crippen LogP contribution in [-0.4, -0.2) is 18.1 Å². The van der Waals surface area contributed by atoms with E-state index in [4.69, 9.17) is 0 Å². The molecule has 0 bridgehead atoms. The summed E-state index contributed by atoms with van der Waals surface area (Å²) in [4.78, 5) is 0. The lowest BCUT2D eigenvalue weighted by Gasteiger charge is -2.15. The van der Waals surface area contributed by atoms with Gasteiger partial charge in [0.1, 0.15) is 0 Å².